The number of aromatic nitrogens is 3. The molecule has 5 nitrogen and oxygen atoms in total. The van der Waals surface area contributed by atoms with Crippen molar-refractivity contribution in [2.24, 2.45) is 0 Å². The Bertz CT molecular complexity index is 494. The largest absolute Gasteiger partial charge is 0.465 e. The van der Waals surface area contributed by atoms with Crippen LogP contribution in [0.3, 0.4) is 0 Å². The smallest absolute Gasteiger partial charge is 0.343 e. The Hall–Kier alpha value is -1.43. The van der Waals surface area contributed by atoms with Crippen LogP contribution in [0.15, 0.2) is 23.1 Å². The van der Waals surface area contributed by atoms with E-state index in [0.717, 1.165) is 4.47 Å². The maximum absolute atomic E-state index is 11.2. The van der Waals surface area contributed by atoms with E-state index in [2.05, 4.69) is 30.7 Å². The summed E-state index contributed by atoms with van der Waals surface area (Å²) in [4.78, 5) is 15.3. The van der Waals surface area contributed by atoms with Gasteiger partial charge in [-0.2, -0.15) is 5.10 Å². The molecule has 6 heteroatoms. The van der Waals surface area contributed by atoms with Gasteiger partial charge in [-0.25, -0.2) is 14.3 Å². The summed E-state index contributed by atoms with van der Waals surface area (Å²) in [6.07, 6.45) is 4.75. The van der Waals surface area contributed by atoms with Crippen molar-refractivity contribution >= 4 is 27.5 Å². The predicted molar refractivity (Wildman–Crippen MR) is 52.0 cm³/mol. The second-order valence-corrected chi connectivity index (χ2v) is 3.51. The predicted octanol–water partition coefficient (Wildman–Crippen LogP) is 1.28. The van der Waals surface area contributed by atoms with Crippen LogP contribution in [0.1, 0.15) is 10.4 Å². The van der Waals surface area contributed by atoms with Gasteiger partial charge >= 0.3 is 5.97 Å². The van der Waals surface area contributed by atoms with Crippen molar-refractivity contribution in [1.29, 1.82) is 0 Å². The van der Waals surface area contributed by atoms with E-state index < -0.39 is 5.97 Å². The zero-order chi connectivity index (χ0) is 10.1. The average molecular weight is 256 g/mol. The maximum Gasteiger partial charge on any atom is 0.343 e. The normalized spacial score (nSPS) is 10.4. The molecule has 0 fully saturated rings. The van der Waals surface area contributed by atoms with E-state index in [0.29, 0.717) is 11.2 Å². The summed E-state index contributed by atoms with van der Waals surface area (Å²) in [6.45, 7) is 0. The Balaban J connectivity index is 2.64. The Morgan fingerprint density at radius 3 is 3.07 bits per heavy atom. The van der Waals surface area contributed by atoms with Crippen molar-refractivity contribution in [2.45, 2.75) is 0 Å². The quantitative estimate of drug-likeness (QED) is 0.721. The zero-order valence-electron chi connectivity index (χ0n) is 7.27. The van der Waals surface area contributed by atoms with E-state index in [4.69, 9.17) is 0 Å². The van der Waals surface area contributed by atoms with Gasteiger partial charge < -0.3 is 4.74 Å². The Morgan fingerprint density at radius 2 is 2.36 bits per heavy atom. The van der Waals surface area contributed by atoms with E-state index >= 15 is 0 Å². The molecule has 0 saturated carbocycles. The summed E-state index contributed by atoms with van der Waals surface area (Å²) in [5.41, 5.74) is 0.847. The summed E-state index contributed by atoms with van der Waals surface area (Å²) in [7, 11) is 1.32. The molecule has 2 heterocycles. The summed E-state index contributed by atoms with van der Waals surface area (Å²) >= 11 is 3.26. The molecule has 0 unspecified atom stereocenters. The first-order valence-electron chi connectivity index (χ1n) is 3.79. The van der Waals surface area contributed by atoms with Gasteiger partial charge in [0, 0.05) is 12.4 Å². The number of carbonyl (C=O) groups excluding carboxylic acids is 1. The molecule has 2 aromatic rings. The highest BCUT2D eigenvalue weighted by Gasteiger charge is 2.13. The number of carbonyl (C=O) groups is 1. The summed E-state index contributed by atoms with van der Waals surface area (Å²) in [5.74, 6) is -0.435. The molecular weight excluding hydrogens is 250 g/mol. The van der Waals surface area contributed by atoms with Crippen LogP contribution in [0.2, 0.25) is 0 Å². The first-order valence-corrected chi connectivity index (χ1v) is 4.59. The van der Waals surface area contributed by atoms with Gasteiger partial charge in [-0.1, -0.05) is 0 Å². The lowest BCUT2D eigenvalue weighted by Gasteiger charge is -1.96. The number of methoxy groups -OCH3 is 1. The summed E-state index contributed by atoms with van der Waals surface area (Å²) < 4.78 is 6.90. The molecule has 2 rings (SSSR count). The average Bonchev–Trinajstić information content (AvgIpc) is 2.59. The van der Waals surface area contributed by atoms with Crippen molar-refractivity contribution in [3.8, 4) is 0 Å². The number of nitrogens with zero attached hydrogens (tertiary/aromatic N) is 3. The van der Waals surface area contributed by atoms with E-state index in [9.17, 15) is 4.79 Å². The third-order valence-electron chi connectivity index (χ3n) is 1.73. The van der Waals surface area contributed by atoms with E-state index in [-0.39, 0.29) is 0 Å². The van der Waals surface area contributed by atoms with Crippen molar-refractivity contribution in [2.75, 3.05) is 7.11 Å². The number of esters is 1. The molecule has 0 aliphatic heterocycles. The number of hydrogen-bond donors (Lipinski definition) is 0. The standard InChI is InChI=1S/C8H6BrN3O2/c1-14-8(13)6-3-11-12-4-5(9)2-10-7(6)12/h2-4H,1H3. The number of hydrogen-bond acceptors (Lipinski definition) is 4. The fourth-order valence-electron chi connectivity index (χ4n) is 1.11. The van der Waals surface area contributed by atoms with Crippen LogP contribution < -0.4 is 0 Å². The highest BCUT2D eigenvalue weighted by Crippen LogP contribution is 2.12. The highest BCUT2D eigenvalue weighted by molar-refractivity contribution is 9.10. The van der Waals surface area contributed by atoms with Crippen molar-refractivity contribution < 1.29 is 9.53 Å². The molecule has 72 valence electrons. The van der Waals surface area contributed by atoms with Gasteiger partial charge in [-0.3, -0.25) is 0 Å². The number of ether oxygens (including phenoxy) is 1. The van der Waals surface area contributed by atoms with E-state index in [1.54, 1.807) is 12.4 Å². The fourth-order valence-corrected chi connectivity index (χ4v) is 1.40. The lowest BCUT2D eigenvalue weighted by atomic mass is 10.3. The molecule has 0 radical (unpaired) electrons. The summed E-state index contributed by atoms with van der Waals surface area (Å²) in [5, 5.41) is 3.97. The SMILES string of the molecule is COC(=O)c1cnn2cc(Br)cnc12. The van der Waals surface area contributed by atoms with Crippen molar-refractivity contribution in [3.63, 3.8) is 0 Å². The molecule has 0 saturated heterocycles. The Morgan fingerprint density at radius 1 is 1.57 bits per heavy atom. The van der Waals surface area contributed by atoms with Gasteiger partial charge in [-0.15, -0.1) is 0 Å². The first-order chi connectivity index (χ1) is 6.72. The second-order valence-electron chi connectivity index (χ2n) is 2.59. The van der Waals surface area contributed by atoms with Crippen LogP contribution >= 0.6 is 15.9 Å². The van der Waals surface area contributed by atoms with Crippen LogP contribution in [0.4, 0.5) is 0 Å². The van der Waals surface area contributed by atoms with Crippen molar-refractivity contribution in [1.82, 2.24) is 14.6 Å². The first kappa shape index (κ1) is 9.14. The molecule has 0 aromatic carbocycles. The minimum absolute atomic E-state index is 0.361. The Labute approximate surface area is 87.8 Å². The Kier molecular flexibility index (Phi) is 2.20. The number of halogens is 1. The third-order valence-corrected chi connectivity index (χ3v) is 2.14. The monoisotopic (exact) mass is 255 g/mol. The van der Waals surface area contributed by atoms with E-state index in [1.807, 2.05) is 0 Å². The molecule has 14 heavy (non-hydrogen) atoms. The molecule has 0 atom stereocenters. The topological polar surface area (TPSA) is 56.5 Å². The van der Waals surface area contributed by atoms with Crippen LogP contribution in [-0.4, -0.2) is 27.7 Å². The molecular formula is C8H6BrN3O2. The number of fused-ring (bicyclic) bond motifs is 1. The second kappa shape index (κ2) is 3.38. The number of rotatable bonds is 1. The molecule has 0 amide bonds. The van der Waals surface area contributed by atoms with Gasteiger partial charge in [0.15, 0.2) is 5.65 Å². The molecule has 0 bridgehead atoms. The lowest BCUT2D eigenvalue weighted by Crippen LogP contribution is -2.01. The van der Waals surface area contributed by atoms with Crippen LogP contribution in [0.25, 0.3) is 5.65 Å². The van der Waals surface area contributed by atoms with E-state index in [1.165, 1.54) is 17.8 Å². The van der Waals surface area contributed by atoms with Crippen LogP contribution in [-0.2, 0) is 4.74 Å². The highest BCUT2D eigenvalue weighted by atomic mass is 79.9. The minimum atomic E-state index is -0.435. The lowest BCUT2D eigenvalue weighted by molar-refractivity contribution is 0.0602. The molecule has 0 aliphatic rings. The molecule has 2 aromatic heterocycles. The molecule has 0 aliphatic carbocycles. The fraction of sp³-hybridized carbons (Fsp3) is 0.125. The summed E-state index contributed by atoms with van der Waals surface area (Å²) in [6, 6.07) is 0. The molecule has 0 N–H and O–H groups in total. The van der Waals surface area contributed by atoms with Crippen LogP contribution in [0.5, 0.6) is 0 Å². The van der Waals surface area contributed by atoms with Crippen LogP contribution in [0, 0.1) is 0 Å². The van der Waals surface area contributed by atoms with Gasteiger partial charge in [0.05, 0.1) is 17.8 Å². The third kappa shape index (κ3) is 1.37. The molecule has 0 spiro atoms. The van der Waals surface area contributed by atoms with Crippen molar-refractivity contribution in [3.05, 3.63) is 28.6 Å². The zero-order valence-corrected chi connectivity index (χ0v) is 8.85. The minimum Gasteiger partial charge on any atom is -0.465 e. The van der Waals surface area contributed by atoms with Gasteiger partial charge in [0.2, 0.25) is 0 Å². The van der Waals surface area contributed by atoms with Gasteiger partial charge in [0.1, 0.15) is 5.56 Å². The van der Waals surface area contributed by atoms with Gasteiger partial charge in [-0.05, 0) is 15.9 Å². The maximum atomic E-state index is 11.2. The van der Waals surface area contributed by atoms with Gasteiger partial charge in [0.25, 0.3) is 0 Å².